The zero-order valence-electron chi connectivity index (χ0n) is 8.82. The number of rotatable bonds is 3. The molecule has 0 aliphatic rings. The van der Waals surface area contributed by atoms with Crippen molar-refractivity contribution in [3.8, 4) is 0 Å². The summed E-state index contributed by atoms with van der Waals surface area (Å²) >= 11 is 1.48. The van der Waals surface area contributed by atoms with Crippen molar-refractivity contribution in [2.75, 3.05) is 0 Å². The van der Waals surface area contributed by atoms with Crippen molar-refractivity contribution in [1.29, 1.82) is 5.41 Å². The minimum atomic E-state index is 0.0778. The summed E-state index contributed by atoms with van der Waals surface area (Å²) in [7, 11) is 0. The van der Waals surface area contributed by atoms with Gasteiger partial charge in [0.05, 0.1) is 0 Å². The molecule has 2 rings (SSSR count). The van der Waals surface area contributed by atoms with E-state index in [0.717, 1.165) is 21.2 Å². The molecule has 1 aromatic carbocycles. The lowest BCUT2D eigenvalue weighted by atomic mass is 10.1. The number of nitrogens with two attached hydrogens (primary N) is 1. The van der Waals surface area contributed by atoms with E-state index in [4.69, 9.17) is 11.1 Å². The van der Waals surface area contributed by atoms with Crippen LogP contribution in [0.5, 0.6) is 0 Å². The molecule has 0 atom stereocenters. The highest BCUT2D eigenvalue weighted by molar-refractivity contribution is 7.99. The quantitative estimate of drug-likeness (QED) is 0.560. The summed E-state index contributed by atoms with van der Waals surface area (Å²) in [6.07, 6.45) is 3.47. The van der Waals surface area contributed by atoms with E-state index in [2.05, 4.69) is 9.97 Å². The Morgan fingerprint density at radius 3 is 2.94 bits per heavy atom. The lowest BCUT2D eigenvalue weighted by Gasteiger charge is -2.07. The van der Waals surface area contributed by atoms with Gasteiger partial charge in [0.15, 0.2) is 5.16 Å². The van der Waals surface area contributed by atoms with Gasteiger partial charge in [0.25, 0.3) is 0 Å². The number of benzene rings is 1. The summed E-state index contributed by atoms with van der Waals surface area (Å²) in [4.78, 5) is 8.10. The van der Waals surface area contributed by atoms with Crippen LogP contribution in [-0.4, -0.2) is 15.8 Å². The molecule has 0 fully saturated rings. The van der Waals surface area contributed by atoms with E-state index in [1.54, 1.807) is 12.4 Å². The lowest BCUT2D eigenvalue weighted by Crippen LogP contribution is -2.12. The van der Waals surface area contributed by atoms with Gasteiger partial charge in [0, 0.05) is 22.9 Å². The molecule has 4 nitrogen and oxygen atoms in total. The average Bonchev–Trinajstić information content (AvgIpc) is 2.70. The molecule has 2 aromatic rings. The number of aryl methyl sites for hydroxylation is 1. The standard InChI is InChI=1S/C11H12N4S/c1-7-2-3-8(10(12)13)9(6-7)16-11-14-4-5-15-11/h2-6H,1H3,(H3,12,13)(H,14,15). The van der Waals surface area contributed by atoms with Crippen LogP contribution in [0, 0.1) is 12.3 Å². The Morgan fingerprint density at radius 1 is 1.50 bits per heavy atom. The molecule has 0 unspecified atom stereocenters. The second-order valence-electron chi connectivity index (χ2n) is 3.41. The van der Waals surface area contributed by atoms with Crippen molar-refractivity contribution in [3.63, 3.8) is 0 Å². The first-order valence-corrected chi connectivity index (χ1v) is 5.61. The fraction of sp³-hybridized carbons (Fsp3) is 0.0909. The SMILES string of the molecule is Cc1ccc(C(=N)N)c(Sc2ncc[nH]2)c1. The van der Waals surface area contributed by atoms with Gasteiger partial charge < -0.3 is 10.7 Å². The number of nitrogens with one attached hydrogen (secondary N) is 2. The molecular formula is C11H12N4S. The zero-order chi connectivity index (χ0) is 11.5. The monoisotopic (exact) mass is 232 g/mol. The fourth-order valence-electron chi connectivity index (χ4n) is 1.35. The minimum Gasteiger partial charge on any atom is -0.384 e. The van der Waals surface area contributed by atoms with E-state index in [1.165, 1.54) is 11.8 Å². The summed E-state index contributed by atoms with van der Waals surface area (Å²) in [5.41, 5.74) is 7.41. The summed E-state index contributed by atoms with van der Waals surface area (Å²) in [5.74, 6) is 0.0778. The predicted molar refractivity (Wildman–Crippen MR) is 64.9 cm³/mol. The molecule has 0 saturated heterocycles. The molecule has 0 spiro atoms. The van der Waals surface area contributed by atoms with E-state index in [-0.39, 0.29) is 5.84 Å². The first-order chi connectivity index (χ1) is 7.66. The Hall–Kier alpha value is -1.75. The van der Waals surface area contributed by atoms with Crippen molar-refractivity contribution in [2.24, 2.45) is 5.73 Å². The van der Waals surface area contributed by atoms with Crippen molar-refractivity contribution in [1.82, 2.24) is 9.97 Å². The third kappa shape index (κ3) is 2.25. The van der Waals surface area contributed by atoms with E-state index in [0.29, 0.717) is 0 Å². The summed E-state index contributed by atoms with van der Waals surface area (Å²) in [5, 5.41) is 8.31. The number of aromatic nitrogens is 2. The number of hydrogen-bond donors (Lipinski definition) is 3. The van der Waals surface area contributed by atoms with Crippen LogP contribution < -0.4 is 5.73 Å². The van der Waals surface area contributed by atoms with Gasteiger partial charge in [-0.2, -0.15) is 0 Å². The maximum Gasteiger partial charge on any atom is 0.170 e. The average molecular weight is 232 g/mol. The van der Waals surface area contributed by atoms with Crippen LogP contribution in [0.1, 0.15) is 11.1 Å². The molecule has 0 aliphatic carbocycles. The number of imidazole rings is 1. The number of H-pyrrole nitrogens is 1. The van der Waals surface area contributed by atoms with Crippen molar-refractivity contribution in [2.45, 2.75) is 17.0 Å². The number of hydrogen-bond acceptors (Lipinski definition) is 3. The van der Waals surface area contributed by atoms with E-state index in [9.17, 15) is 0 Å². The molecule has 0 radical (unpaired) electrons. The Balaban J connectivity index is 2.38. The van der Waals surface area contributed by atoms with Crippen molar-refractivity contribution < 1.29 is 0 Å². The van der Waals surface area contributed by atoms with Crippen LogP contribution in [0.25, 0.3) is 0 Å². The first kappa shape index (κ1) is 10.8. The molecule has 0 saturated carbocycles. The normalized spacial score (nSPS) is 10.3. The van der Waals surface area contributed by atoms with Gasteiger partial charge >= 0.3 is 0 Å². The van der Waals surface area contributed by atoms with Crippen LogP contribution in [0.4, 0.5) is 0 Å². The van der Waals surface area contributed by atoms with Gasteiger partial charge in [-0.25, -0.2) is 4.98 Å². The van der Waals surface area contributed by atoms with Crippen LogP contribution in [-0.2, 0) is 0 Å². The van der Waals surface area contributed by atoms with Crippen LogP contribution in [0.15, 0.2) is 40.6 Å². The molecular weight excluding hydrogens is 220 g/mol. The maximum absolute atomic E-state index is 7.51. The largest absolute Gasteiger partial charge is 0.384 e. The third-order valence-electron chi connectivity index (χ3n) is 2.11. The molecule has 4 N–H and O–H groups in total. The summed E-state index contributed by atoms with van der Waals surface area (Å²) < 4.78 is 0. The van der Waals surface area contributed by atoms with E-state index < -0.39 is 0 Å². The molecule has 1 aromatic heterocycles. The second kappa shape index (κ2) is 4.40. The van der Waals surface area contributed by atoms with Gasteiger partial charge in [0.1, 0.15) is 5.84 Å². The Kier molecular flexibility index (Phi) is 2.96. The van der Waals surface area contributed by atoms with Crippen LogP contribution in [0.3, 0.4) is 0 Å². The van der Waals surface area contributed by atoms with Gasteiger partial charge in [-0.1, -0.05) is 17.8 Å². The molecule has 16 heavy (non-hydrogen) atoms. The van der Waals surface area contributed by atoms with Crippen LogP contribution in [0.2, 0.25) is 0 Å². The third-order valence-corrected chi connectivity index (χ3v) is 3.08. The summed E-state index contributed by atoms with van der Waals surface area (Å²) in [6.45, 7) is 2.01. The van der Waals surface area contributed by atoms with Gasteiger partial charge in [-0.05, 0) is 24.6 Å². The van der Waals surface area contributed by atoms with Gasteiger partial charge in [0.2, 0.25) is 0 Å². The molecule has 5 heteroatoms. The smallest absolute Gasteiger partial charge is 0.170 e. The van der Waals surface area contributed by atoms with E-state index >= 15 is 0 Å². The molecule has 0 aliphatic heterocycles. The zero-order valence-corrected chi connectivity index (χ0v) is 9.64. The minimum absolute atomic E-state index is 0.0778. The lowest BCUT2D eigenvalue weighted by molar-refractivity contribution is 1.06. The Labute approximate surface area is 97.8 Å². The Morgan fingerprint density at radius 2 is 2.31 bits per heavy atom. The molecule has 0 bridgehead atoms. The topological polar surface area (TPSA) is 78.6 Å². The molecule has 1 heterocycles. The van der Waals surface area contributed by atoms with Crippen molar-refractivity contribution >= 4 is 17.6 Å². The predicted octanol–water partition coefficient (Wildman–Crippen LogP) is 2.15. The van der Waals surface area contributed by atoms with Gasteiger partial charge in [-0.15, -0.1) is 0 Å². The van der Waals surface area contributed by atoms with Crippen LogP contribution >= 0.6 is 11.8 Å². The van der Waals surface area contributed by atoms with Crippen molar-refractivity contribution in [3.05, 3.63) is 41.7 Å². The number of nitrogens with zero attached hydrogens (tertiary/aromatic N) is 1. The fourth-order valence-corrected chi connectivity index (χ4v) is 2.33. The first-order valence-electron chi connectivity index (χ1n) is 4.79. The second-order valence-corrected chi connectivity index (χ2v) is 4.44. The highest BCUT2D eigenvalue weighted by atomic mass is 32.2. The van der Waals surface area contributed by atoms with Gasteiger partial charge in [-0.3, -0.25) is 5.41 Å². The number of aromatic amines is 1. The van der Waals surface area contributed by atoms with E-state index in [1.807, 2.05) is 25.1 Å². The maximum atomic E-state index is 7.51. The molecule has 82 valence electrons. The highest BCUT2D eigenvalue weighted by Crippen LogP contribution is 2.28. The molecule has 0 amide bonds. The Bertz CT molecular complexity index is 505. The number of amidine groups is 1. The number of nitrogen functional groups attached to an aromatic ring is 1. The summed E-state index contributed by atoms with van der Waals surface area (Å²) in [6, 6.07) is 5.82. The highest BCUT2D eigenvalue weighted by Gasteiger charge is 2.08.